The van der Waals surface area contributed by atoms with Crippen molar-refractivity contribution >= 4 is 15.9 Å². The number of benzene rings is 2. The van der Waals surface area contributed by atoms with E-state index in [1.165, 1.54) is 15.4 Å². The van der Waals surface area contributed by atoms with Crippen molar-refractivity contribution in [3.63, 3.8) is 0 Å². The average Bonchev–Trinajstić information content (AvgIpc) is 2.79. The molecule has 1 aliphatic rings. The van der Waals surface area contributed by atoms with E-state index in [2.05, 4.69) is 37.4 Å². The monoisotopic (exact) mass is 444 g/mol. The van der Waals surface area contributed by atoms with Gasteiger partial charge in [-0.15, -0.1) is 0 Å². The molecule has 1 aliphatic heterocycles. The summed E-state index contributed by atoms with van der Waals surface area (Å²) in [6, 6.07) is 12.5. The van der Waals surface area contributed by atoms with E-state index < -0.39 is 10.0 Å². The Labute approximate surface area is 185 Å². The SMILES string of the molecule is CC[C@@H](NC(=O)[C@H]1CCCN(S(=O)(=O)c2ccc(OC)cc2)C1)c1ccc(C)c(C)c1. The fraction of sp³-hybridized carbons (Fsp3) is 0.458. The van der Waals surface area contributed by atoms with E-state index in [9.17, 15) is 13.2 Å². The molecule has 1 heterocycles. The van der Waals surface area contributed by atoms with E-state index in [0.717, 1.165) is 12.0 Å². The molecule has 0 saturated carbocycles. The van der Waals surface area contributed by atoms with Crippen molar-refractivity contribution in [3.8, 4) is 5.75 Å². The summed E-state index contributed by atoms with van der Waals surface area (Å²) in [5.74, 6) is 0.161. The first kappa shape index (κ1) is 23.3. The molecule has 0 aromatic heterocycles. The molecule has 3 rings (SSSR count). The Balaban J connectivity index is 1.71. The summed E-state index contributed by atoms with van der Waals surface area (Å²) in [4.78, 5) is 13.3. The third-order valence-electron chi connectivity index (χ3n) is 6.11. The zero-order valence-electron chi connectivity index (χ0n) is 18.7. The lowest BCUT2D eigenvalue weighted by molar-refractivity contribution is -0.126. The molecule has 6 nitrogen and oxygen atoms in total. The highest BCUT2D eigenvalue weighted by molar-refractivity contribution is 7.89. The van der Waals surface area contributed by atoms with Gasteiger partial charge in [-0.2, -0.15) is 4.31 Å². The van der Waals surface area contributed by atoms with Crippen LogP contribution in [-0.2, 0) is 14.8 Å². The van der Waals surface area contributed by atoms with Gasteiger partial charge in [0.25, 0.3) is 0 Å². The number of aryl methyl sites for hydroxylation is 2. The number of amides is 1. The number of nitrogens with one attached hydrogen (secondary N) is 1. The molecule has 2 aromatic carbocycles. The first-order chi connectivity index (χ1) is 14.8. The van der Waals surface area contributed by atoms with Gasteiger partial charge in [0.1, 0.15) is 5.75 Å². The van der Waals surface area contributed by atoms with Gasteiger partial charge in [-0.1, -0.05) is 25.1 Å². The Kier molecular flexibility index (Phi) is 7.38. The zero-order valence-corrected chi connectivity index (χ0v) is 19.5. The maximum Gasteiger partial charge on any atom is 0.243 e. The highest BCUT2D eigenvalue weighted by atomic mass is 32.2. The number of hydrogen-bond acceptors (Lipinski definition) is 4. The number of piperidine rings is 1. The number of carbonyl (C=O) groups excluding carboxylic acids is 1. The predicted octanol–water partition coefficient (Wildman–Crippen LogP) is 3.98. The number of carbonyl (C=O) groups is 1. The molecule has 0 unspecified atom stereocenters. The van der Waals surface area contributed by atoms with Gasteiger partial charge >= 0.3 is 0 Å². The zero-order chi connectivity index (χ0) is 22.6. The molecule has 1 fully saturated rings. The highest BCUT2D eigenvalue weighted by Gasteiger charge is 2.34. The topological polar surface area (TPSA) is 75.7 Å². The molecule has 31 heavy (non-hydrogen) atoms. The molecule has 0 aliphatic carbocycles. The van der Waals surface area contributed by atoms with E-state index in [0.29, 0.717) is 25.1 Å². The van der Waals surface area contributed by atoms with Crippen LogP contribution < -0.4 is 10.1 Å². The van der Waals surface area contributed by atoms with Crippen LogP contribution in [0.15, 0.2) is 47.4 Å². The van der Waals surface area contributed by atoms with Crippen LogP contribution >= 0.6 is 0 Å². The average molecular weight is 445 g/mol. The third-order valence-corrected chi connectivity index (χ3v) is 7.99. The van der Waals surface area contributed by atoms with Crippen LogP contribution in [0.25, 0.3) is 0 Å². The third kappa shape index (κ3) is 5.28. The van der Waals surface area contributed by atoms with Crippen molar-refractivity contribution in [2.24, 2.45) is 5.92 Å². The van der Waals surface area contributed by atoms with Gasteiger partial charge in [-0.25, -0.2) is 8.42 Å². The molecule has 0 bridgehead atoms. The summed E-state index contributed by atoms with van der Waals surface area (Å²) in [5.41, 5.74) is 3.49. The van der Waals surface area contributed by atoms with Gasteiger partial charge in [0.15, 0.2) is 0 Å². The van der Waals surface area contributed by atoms with Crippen LogP contribution in [0.2, 0.25) is 0 Å². The quantitative estimate of drug-likeness (QED) is 0.701. The molecule has 0 radical (unpaired) electrons. The van der Waals surface area contributed by atoms with Crippen LogP contribution in [0.4, 0.5) is 0 Å². The molecule has 2 aromatic rings. The van der Waals surface area contributed by atoms with Crippen LogP contribution in [0.3, 0.4) is 0 Å². The van der Waals surface area contributed by atoms with Crippen molar-refractivity contribution in [1.82, 2.24) is 9.62 Å². The normalized spacial score (nSPS) is 18.4. The first-order valence-electron chi connectivity index (χ1n) is 10.8. The summed E-state index contributed by atoms with van der Waals surface area (Å²) in [6.45, 7) is 6.80. The van der Waals surface area contributed by atoms with Gasteiger partial charge in [-0.05, 0) is 74.1 Å². The Bertz CT molecular complexity index is 1020. The Morgan fingerprint density at radius 2 is 1.87 bits per heavy atom. The number of hydrogen-bond donors (Lipinski definition) is 1. The summed E-state index contributed by atoms with van der Waals surface area (Å²) < 4.78 is 32.7. The van der Waals surface area contributed by atoms with Crippen LogP contribution in [0, 0.1) is 19.8 Å². The van der Waals surface area contributed by atoms with Crippen LogP contribution in [-0.4, -0.2) is 38.8 Å². The van der Waals surface area contributed by atoms with Crippen molar-refractivity contribution in [2.75, 3.05) is 20.2 Å². The van der Waals surface area contributed by atoms with E-state index in [4.69, 9.17) is 4.74 Å². The molecular weight excluding hydrogens is 412 g/mol. The Morgan fingerprint density at radius 3 is 2.48 bits per heavy atom. The van der Waals surface area contributed by atoms with Gasteiger partial charge in [0.2, 0.25) is 15.9 Å². The summed E-state index contributed by atoms with van der Waals surface area (Å²) in [6.07, 6.45) is 2.12. The van der Waals surface area contributed by atoms with Crippen molar-refractivity contribution < 1.29 is 17.9 Å². The summed E-state index contributed by atoms with van der Waals surface area (Å²) in [7, 11) is -2.11. The van der Waals surface area contributed by atoms with Gasteiger partial charge in [0, 0.05) is 13.1 Å². The molecular formula is C24H32N2O4S. The van der Waals surface area contributed by atoms with E-state index >= 15 is 0 Å². The number of rotatable bonds is 7. The second-order valence-corrected chi connectivity index (χ2v) is 10.1. The molecule has 0 spiro atoms. The van der Waals surface area contributed by atoms with Crippen LogP contribution in [0.1, 0.15) is 48.9 Å². The van der Waals surface area contributed by atoms with Gasteiger partial charge in [0.05, 0.1) is 24.0 Å². The van der Waals surface area contributed by atoms with E-state index in [1.54, 1.807) is 31.4 Å². The second kappa shape index (κ2) is 9.83. The first-order valence-corrected chi connectivity index (χ1v) is 12.2. The van der Waals surface area contributed by atoms with Gasteiger partial charge < -0.3 is 10.1 Å². The van der Waals surface area contributed by atoms with Crippen molar-refractivity contribution in [3.05, 3.63) is 59.2 Å². The number of sulfonamides is 1. The lowest BCUT2D eigenvalue weighted by Crippen LogP contribution is -2.46. The van der Waals surface area contributed by atoms with E-state index in [1.807, 2.05) is 6.92 Å². The number of methoxy groups -OCH3 is 1. The molecule has 1 saturated heterocycles. The minimum absolute atomic E-state index is 0.0830. The van der Waals surface area contributed by atoms with Crippen molar-refractivity contribution in [1.29, 1.82) is 0 Å². The Hall–Kier alpha value is -2.38. The number of ether oxygens (including phenoxy) is 1. The summed E-state index contributed by atoms with van der Waals surface area (Å²) >= 11 is 0. The van der Waals surface area contributed by atoms with Crippen LogP contribution in [0.5, 0.6) is 5.75 Å². The predicted molar refractivity (Wildman–Crippen MR) is 122 cm³/mol. The largest absolute Gasteiger partial charge is 0.497 e. The minimum Gasteiger partial charge on any atom is -0.497 e. The number of nitrogens with zero attached hydrogens (tertiary/aromatic N) is 1. The smallest absolute Gasteiger partial charge is 0.243 e. The second-order valence-electron chi connectivity index (χ2n) is 8.19. The lowest BCUT2D eigenvalue weighted by atomic mass is 9.96. The molecule has 1 amide bonds. The summed E-state index contributed by atoms with van der Waals surface area (Å²) in [5, 5.41) is 3.15. The molecule has 1 N–H and O–H groups in total. The highest BCUT2D eigenvalue weighted by Crippen LogP contribution is 2.27. The van der Waals surface area contributed by atoms with E-state index in [-0.39, 0.29) is 29.3 Å². The molecule has 168 valence electrons. The standard InChI is InChI=1S/C24H32N2O4S/c1-5-23(19-9-8-17(2)18(3)15-19)25-24(27)20-7-6-14-26(16-20)31(28,29)22-12-10-21(30-4)11-13-22/h8-13,15,20,23H,5-7,14,16H2,1-4H3,(H,25,27)/t20-,23+/m0/s1. The fourth-order valence-corrected chi connectivity index (χ4v) is 5.49. The molecule has 7 heteroatoms. The minimum atomic E-state index is -3.65. The van der Waals surface area contributed by atoms with Crippen molar-refractivity contribution in [2.45, 2.75) is 51.0 Å². The van der Waals surface area contributed by atoms with Gasteiger partial charge in [-0.3, -0.25) is 4.79 Å². The maximum atomic E-state index is 13.1. The fourth-order valence-electron chi connectivity index (χ4n) is 3.96. The Morgan fingerprint density at radius 1 is 1.16 bits per heavy atom. The maximum absolute atomic E-state index is 13.1. The lowest BCUT2D eigenvalue weighted by Gasteiger charge is -2.32. The molecule has 2 atom stereocenters.